The maximum atomic E-state index is 12.7. The van der Waals surface area contributed by atoms with Crippen LogP contribution in [0.2, 0.25) is 0 Å². The monoisotopic (exact) mass is 329 g/mol. The van der Waals surface area contributed by atoms with Gasteiger partial charge in [-0.3, -0.25) is 4.79 Å². The third-order valence-electron chi connectivity index (χ3n) is 4.79. The Hall–Kier alpha value is -2.30. The molecule has 0 bridgehead atoms. The van der Waals surface area contributed by atoms with Crippen LogP contribution in [-0.2, 0) is 4.79 Å². The molecular weight excluding hydrogens is 306 g/mol. The standard InChI is InChI=1S/C17H23N5O2/c1-24-14-4-2-13(3-5-14)15-8-16(21-20-15)17(23)22-7-6-12(10-22)9-19-11-18/h2-5,12,15-16,19-21H,6-10H2,1H3/t12-,15?,16?/m1/s1. The van der Waals surface area contributed by atoms with Crippen LogP contribution in [0.1, 0.15) is 24.4 Å². The second-order valence-electron chi connectivity index (χ2n) is 6.33. The number of hydrogen-bond donors (Lipinski definition) is 3. The van der Waals surface area contributed by atoms with Crippen molar-refractivity contribution in [2.24, 2.45) is 5.92 Å². The molecule has 0 aromatic heterocycles. The average molecular weight is 329 g/mol. The van der Waals surface area contributed by atoms with Crippen LogP contribution in [0.3, 0.4) is 0 Å². The van der Waals surface area contributed by atoms with Crippen molar-refractivity contribution >= 4 is 5.91 Å². The minimum Gasteiger partial charge on any atom is -0.497 e. The number of hydrazine groups is 1. The number of hydrogen-bond acceptors (Lipinski definition) is 6. The first kappa shape index (κ1) is 16.6. The molecule has 2 unspecified atom stereocenters. The van der Waals surface area contributed by atoms with Crippen LogP contribution in [-0.4, -0.2) is 43.6 Å². The highest BCUT2D eigenvalue weighted by Crippen LogP contribution is 2.26. The van der Waals surface area contributed by atoms with Crippen molar-refractivity contribution < 1.29 is 9.53 Å². The molecule has 7 nitrogen and oxygen atoms in total. The normalized spacial score (nSPS) is 26.2. The van der Waals surface area contributed by atoms with Crippen LogP contribution in [0.25, 0.3) is 0 Å². The summed E-state index contributed by atoms with van der Waals surface area (Å²) in [7, 11) is 1.65. The third kappa shape index (κ3) is 3.61. The van der Waals surface area contributed by atoms with Gasteiger partial charge in [0.25, 0.3) is 0 Å². The van der Waals surface area contributed by atoms with Gasteiger partial charge in [0.1, 0.15) is 11.8 Å². The lowest BCUT2D eigenvalue weighted by Crippen LogP contribution is -2.45. The number of nitrogens with zero attached hydrogens (tertiary/aromatic N) is 2. The molecule has 3 rings (SSSR count). The van der Waals surface area contributed by atoms with E-state index in [0.717, 1.165) is 37.2 Å². The molecule has 1 aromatic rings. The summed E-state index contributed by atoms with van der Waals surface area (Å²) in [4.78, 5) is 14.6. The van der Waals surface area contributed by atoms with Gasteiger partial charge in [0.2, 0.25) is 5.91 Å². The highest BCUT2D eigenvalue weighted by atomic mass is 16.5. The summed E-state index contributed by atoms with van der Waals surface area (Å²) >= 11 is 0. The summed E-state index contributed by atoms with van der Waals surface area (Å²) in [6.07, 6.45) is 3.61. The van der Waals surface area contributed by atoms with E-state index in [1.807, 2.05) is 35.4 Å². The number of nitrogens with one attached hydrogen (secondary N) is 3. The van der Waals surface area contributed by atoms with Crippen LogP contribution in [0, 0.1) is 17.4 Å². The first-order valence-electron chi connectivity index (χ1n) is 8.27. The second-order valence-corrected chi connectivity index (χ2v) is 6.33. The Morgan fingerprint density at radius 1 is 1.42 bits per heavy atom. The lowest BCUT2D eigenvalue weighted by atomic mass is 10.0. The van der Waals surface area contributed by atoms with Crippen molar-refractivity contribution in [3.05, 3.63) is 29.8 Å². The van der Waals surface area contributed by atoms with E-state index in [0.29, 0.717) is 12.5 Å². The Kier molecular flexibility index (Phi) is 5.18. The zero-order valence-electron chi connectivity index (χ0n) is 13.8. The highest BCUT2D eigenvalue weighted by molar-refractivity contribution is 5.82. The van der Waals surface area contributed by atoms with E-state index in [1.165, 1.54) is 0 Å². The van der Waals surface area contributed by atoms with Gasteiger partial charge in [-0.15, -0.1) is 0 Å². The predicted octanol–water partition coefficient (Wildman–Crippen LogP) is 0.522. The van der Waals surface area contributed by atoms with E-state index in [4.69, 9.17) is 10.00 Å². The van der Waals surface area contributed by atoms with Crippen molar-refractivity contribution in [1.29, 1.82) is 5.26 Å². The summed E-state index contributed by atoms with van der Waals surface area (Å²) in [6, 6.07) is 7.80. The number of benzene rings is 1. The topological polar surface area (TPSA) is 89.4 Å². The molecule has 0 spiro atoms. The number of ether oxygens (including phenoxy) is 1. The van der Waals surface area contributed by atoms with Crippen LogP contribution in [0.4, 0.5) is 0 Å². The molecule has 1 aromatic carbocycles. The number of carbonyl (C=O) groups is 1. The van der Waals surface area contributed by atoms with E-state index >= 15 is 0 Å². The predicted molar refractivity (Wildman–Crippen MR) is 88.7 cm³/mol. The van der Waals surface area contributed by atoms with E-state index in [-0.39, 0.29) is 18.0 Å². The number of likely N-dealkylation sites (tertiary alicyclic amines) is 1. The third-order valence-corrected chi connectivity index (χ3v) is 4.79. The molecule has 2 heterocycles. The molecule has 0 saturated carbocycles. The smallest absolute Gasteiger partial charge is 0.241 e. The maximum absolute atomic E-state index is 12.7. The molecule has 2 aliphatic rings. The Morgan fingerprint density at radius 2 is 2.21 bits per heavy atom. The van der Waals surface area contributed by atoms with Crippen molar-refractivity contribution in [1.82, 2.24) is 21.1 Å². The molecule has 2 aliphatic heterocycles. The number of methoxy groups -OCH3 is 1. The molecule has 0 radical (unpaired) electrons. The van der Waals surface area contributed by atoms with Gasteiger partial charge >= 0.3 is 0 Å². The minimum absolute atomic E-state index is 0.114. The zero-order chi connectivity index (χ0) is 16.9. The van der Waals surface area contributed by atoms with Crippen molar-refractivity contribution in [2.45, 2.75) is 24.9 Å². The summed E-state index contributed by atoms with van der Waals surface area (Å²) in [5.74, 6) is 1.32. The molecular formula is C17H23N5O2. The summed E-state index contributed by atoms with van der Waals surface area (Å²) in [5.41, 5.74) is 7.48. The highest BCUT2D eigenvalue weighted by Gasteiger charge is 2.35. The molecule has 3 N–H and O–H groups in total. The second kappa shape index (κ2) is 7.51. The van der Waals surface area contributed by atoms with Crippen molar-refractivity contribution in [3.63, 3.8) is 0 Å². The summed E-state index contributed by atoms with van der Waals surface area (Å²) < 4.78 is 5.17. The first-order valence-corrected chi connectivity index (χ1v) is 8.27. The first-order chi connectivity index (χ1) is 11.7. The zero-order valence-corrected chi connectivity index (χ0v) is 13.8. The number of carbonyl (C=O) groups excluding carboxylic acids is 1. The Balaban J connectivity index is 1.53. The van der Waals surface area contributed by atoms with E-state index < -0.39 is 0 Å². The lowest BCUT2D eigenvalue weighted by molar-refractivity contribution is -0.132. The molecule has 2 saturated heterocycles. The lowest BCUT2D eigenvalue weighted by Gasteiger charge is -2.20. The fourth-order valence-electron chi connectivity index (χ4n) is 3.38. The Labute approximate surface area is 141 Å². The minimum atomic E-state index is -0.209. The van der Waals surface area contributed by atoms with Gasteiger partial charge < -0.3 is 15.0 Å². The van der Waals surface area contributed by atoms with E-state index in [2.05, 4.69) is 16.2 Å². The Morgan fingerprint density at radius 3 is 2.92 bits per heavy atom. The number of amides is 1. The van der Waals surface area contributed by atoms with Gasteiger partial charge in [0.05, 0.1) is 7.11 Å². The van der Waals surface area contributed by atoms with Gasteiger partial charge in [-0.25, -0.2) is 10.9 Å². The fraction of sp³-hybridized carbons (Fsp3) is 0.529. The molecule has 7 heteroatoms. The SMILES string of the molecule is COc1ccc(C2CC(C(=O)N3CC[C@H](CNC#N)C3)NN2)cc1. The van der Waals surface area contributed by atoms with Gasteiger partial charge in [0.15, 0.2) is 6.19 Å². The number of nitriles is 1. The van der Waals surface area contributed by atoms with Gasteiger partial charge in [-0.05, 0) is 36.5 Å². The summed E-state index contributed by atoms with van der Waals surface area (Å²) in [5, 5.41) is 11.3. The van der Waals surface area contributed by atoms with Gasteiger partial charge in [-0.1, -0.05) is 12.1 Å². The van der Waals surface area contributed by atoms with Crippen LogP contribution in [0.5, 0.6) is 5.75 Å². The van der Waals surface area contributed by atoms with Crippen molar-refractivity contribution in [3.8, 4) is 11.9 Å². The molecule has 24 heavy (non-hydrogen) atoms. The van der Waals surface area contributed by atoms with E-state index in [1.54, 1.807) is 7.11 Å². The molecule has 1 amide bonds. The van der Waals surface area contributed by atoms with E-state index in [9.17, 15) is 4.79 Å². The average Bonchev–Trinajstić information content (AvgIpc) is 3.29. The van der Waals surface area contributed by atoms with Gasteiger partial charge in [0, 0.05) is 25.7 Å². The molecule has 0 aliphatic carbocycles. The molecule has 2 fully saturated rings. The van der Waals surface area contributed by atoms with Crippen LogP contribution in [0.15, 0.2) is 24.3 Å². The number of rotatable bonds is 5. The Bertz CT molecular complexity index is 612. The quantitative estimate of drug-likeness (QED) is 0.539. The van der Waals surface area contributed by atoms with Gasteiger partial charge in [-0.2, -0.15) is 5.26 Å². The molecule has 128 valence electrons. The summed E-state index contributed by atoms with van der Waals surface area (Å²) in [6.45, 7) is 2.13. The van der Waals surface area contributed by atoms with Crippen molar-refractivity contribution in [2.75, 3.05) is 26.7 Å². The maximum Gasteiger partial charge on any atom is 0.241 e. The van der Waals surface area contributed by atoms with Crippen LogP contribution >= 0.6 is 0 Å². The fourth-order valence-corrected chi connectivity index (χ4v) is 3.38. The molecule has 3 atom stereocenters. The van der Waals surface area contributed by atoms with Crippen LogP contribution < -0.4 is 20.9 Å². The largest absolute Gasteiger partial charge is 0.497 e.